The fraction of sp³-hybridized carbons (Fsp3) is 0.571. The number of nitrogens with zero attached hydrogens (tertiary/aromatic N) is 1. The Morgan fingerprint density at radius 2 is 2.00 bits per heavy atom. The molecule has 2 rings (SSSR count). The van der Waals surface area contributed by atoms with Crippen LogP contribution < -0.4 is 5.73 Å². The molecule has 0 heterocycles. The van der Waals surface area contributed by atoms with Crippen molar-refractivity contribution < 1.29 is 4.39 Å². The van der Waals surface area contributed by atoms with Gasteiger partial charge in [0.25, 0.3) is 0 Å². The Bertz CT molecular complexity index is 374. The number of rotatable bonds is 5. The van der Waals surface area contributed by atoms with Crippen molar-refractivity contribution in [2.45, 2.75) is 32.4 Å². The van der Waals surface area contributed by atoms with Crippen LogP contribution in [0.2, 0.25) is 0 Å². The summed E-state index contributed by atoms with van der Waals surface area (Å²) < 4.78 is 13.3. The summed E-state index contributed by atoms with van der Waals surface area (Å²) in [6.45, 7) is 2.33. The van der Waals surface area contributed by atoms with Gasteiger partial charge >= 0.3 is 0 Å². The van der Waals surface area contributed by atoms with E-state index in [2.05, 4.69) is 11.9 Å². The van der Waals surface area contributed by atoms with Gasteiger partial charge in [-0.3, -0.25) is 0 Å². The molecule has 0 amide bonds. The Morgan fingerprint density at radius 1 is 1.29 bits per heavy atom. The molecule has 17 heavy (non-hydrogen) atoms. The average molecular weight is 236 g/mol. The number of hydrogen-bond donors (Lipinski definition) is 1. The normalized spacial score (nSPS) is 16.2. The van der Waals surface area contributed by atoms with E-state index in [1.807, 2.05) is 6.07 Å². The summed E-state index contributed by atoms with van der Waals surface area (Å²) in [5, 5.41) is 0. The Labute approximate surface area is 103 Å². The van der Waals surface area contributed by atoms with Crippen molar-refractivity contribution in [1.82, 2.24) is 4.90 Å². The number of hydrogen-bond acceptors (Lipinski definition) is 2. The summed E-state index contributed by atoms with van der Waals surface area (Å²) in [7, 11) is 2.10. The van der Waals surface area contributed by atoms with Crippen molar-refractivity contribution in [2.75, 3.05) is 13.6 Å². The van der Waals surface area contributed by atoms with Gasteiger partial charge in [0.15, 0.2) is 0 Å². The third kappa shape index (κ3) is 3.51. The second kappa shape index (κ2) is 5.61. The van der Waals surface area contributed by atoms with Crippen LogP contribution in [-0.4, -0.2) is 18.5 Å². The van der Waals surface area contributed by atoms with Crippen LogP contribution >= 0.6 is 0 Å². The Balaban J connectivity index is 1.94. The molecule has 0 spiro atoms. The smallest absolute Gasteiger partial charge is 0.123 e. The van der Waals surface area contributed by atoms with Gasteiger partial charge < -0.3 is 10.6 Å². The number of benzene rings is 1. The molecule has 0 atom stereocenters. The van der Waals surface area contributed by atoms with Crippen LogP contribution in [0.3, 0.4) is 0 Å². The van der Waals surface area contributed by atoms with Crippen molar-refractivity contribution >= 4 is 0 Å². The van der Waals surface area contributed by atoms with Crippen molar-refractivity contribution in [2.24, 2.45) is 11.7 Å². The van der Waals surface area contributed by atoms with Gasteiger partial charge in [0.2, 0.25) is 0 Å². The third-order valence-corrected chi connectivity index (χ3v) is 3.50. The predicted octanol–water partition coefficient (Wildman–Crippen LogP) is 2.52. The third-order valence-electron chi connectivity index (χ3n) is 3.50. The minimum atomic E-state index is -0.181. The van der Waals surface area contributed by atoms with Crippen LogP contribution in [0.1, 0.15) is 30.4 Å². The molecular weight excluding hydrogens is 215 g/mol. The molecule has 1 saturated carbocycles. The van der Waals surface area contributed by atoms with Crippen molar-refractivity contribution in [1.29, 1.82) is 0 Å². The van der Waals surface area contributed by atoms with Crippen LogP contribution in [0.4, 0.5) is 4.39 Å². The van der Waals surface area contributed by atoms with Gasteiger partial charge in [-0.2, -0.15) is 0 Å². The van der Waals surface area contributed by atoms with E-state index in [0.717, 1.165) is 30.1 Å². The Morgan fingerprint density at radius 3 is 2.59 bits per heavy atom. The van der Waals surface area contributed by atoms with Crippen LogP contribution in [0.15, 0.2) is 18.2 Å². The van der Waals surface area contributed by atoms with E-state index in [4.69, 9.17) is 5.73 Å². The van der Waals surface area contributed by atoms with Crippen LogP contribution in [0.25, 0.3) is 0 Å². The van der Waals surface area contributed by atoms with E-state index >= 15 is 0 Å². The molecule has 0 aromatic heterocycles. The number of nitrogens with two attached hydrogens (primary N) is 1. The van der Waals surface area contributed by atoms with E-state index in [0.29, 0.717) is 6.54 Å². The maximum Gasteiger partial charge on any atom is 0.123 e. The predicted molar refractivity (Wildman–Crippen MR) is 68.0 cm³/mol. The SMILES string of the molecule is CN(Cc1cc(F)cc(CN)c1)CC1CCC1. The molecule has 0 saturated heterocycles. The lowest BCUT2D eigenvalue weighted by Crippen LogP contribution is -2.29. The highest BCUT2D eigenvalue weighted by Gasteiger charge is 2.19. The lowest BCUT2D eigenvalue weighted by Gasteiger charge is -2.30. The summed E-state index contributed by atoms with van der Waals surface area (Å²) in [5.41, 5.74) is 7.44. The molecule has 3 heteroatoms. The molecule has 1 aromatic rings. The Kier molecular flexibility index (Phi) is 4.13. The lowest BCUT2D eigenvalue weighted by atomic mass is 9.85. The maximum absolute atomic E-state index is 13.3. The van der Waals surface area contributed by atoms with Crippen LogP contribution in [0, 0.1) is 11.7 Å². The van der Waals surface area contributed by atoms with Crippen LogP contribution in [0.5, 0.6) is 0 Å². The van der Waals surface area contributed by atoms with Gasteiger partial charge in [-0.05, 0) is 49.1 Å². The van der Waals surface area contributed by atoms with Gasteiger partial charge in [0, 0.05) is 19.6 Å². The molecule has 1 aromatic carbocycles. The molecule has 1 aliphatic rings. The molecule has 0 aliphatic heterocycles. The quantitative estimate of drug-likeness (QED) is 0.851. The highest BCUT2D eigenvalue weighted by Crippen LogP contribution is 2.27. The first kappa shape index (κ1) is 12.5. The first-order valence-electron chi connectivity index (χ1n) is 6.34. The molecule has 0 unspecified atom stereocenters. The molecular formula is C14H21FN2. The van der Waals surface area contributed by atoms with Gasteiger partial charge in [-0.15, -0.1) is 0 Å². The van der Waals surface area contributed by atoms with Gasteiger partial charge in [-0.1, -0.05) is 12.5 Å². The minimum Gasteiger partial charge on any atom is -0.326 e. The summed E-state index contributed by atoms with van der Waals surface area (Å²) in [5.74, 6) is 0.669. The van der Waals surface area contributed by atoms with Crippen molar-refractivity contribution in [3.05, 3.63) is 35.1 Å². The summed E-state index contributed by atoms with van der Waals surface area (Å²) in [6, 6.07) is 5.12. The second-order valence-electron chi connectivity index (χ2n) is 5.17. The summed E-state index contributed by atoms with van der Waals surface area (Å²) in [4.78, 5) is 2.28. The zero-order chi connectivity index (χ0) is 12.3. The molecule has 0 radical (unpaired) electrons. The highest BCUT2D eigenvalue weighted by atomic mass is 19.1. The zero-order valence-electron chi connectivity index (χ0n) is 10.5. The van der Waals surface area contributed by atoms with E-state index in [-0.39, 0.29) is 5.82 Å². The van der Waals surface area contributed by atoms with E-state index in [9.17, 15) is 4.39 Å². The summed E-state index contributed by atoms with van der Waals surface area (Å²) in [6.07, 6.45) is 4.07. The molecule has 2 nitrogen and oxygen atoms in total. The van der Waals surface area contributed by atoms with Gasteiger partial charge in [0.05, 0.1) is 0 Å². The highest BCUT2D eigenvalue weighted by molar-refractivity contribution is 5.24. The minimum absolute atomic E-state index is 0.181. The number of halogens is 1. The second-order valence-corrected chi connectivity index (χ2v) is 5.17. The van der Waals surface area contributed by atoms with Crippen molar-refractivity contribution in [3.63, 3.8) is 0 Å². The van der Waals surface area contributed by atoms with E-state index < -0.39 is 0 Å². The molecule has 2 N–H and O–H groups in total. The topological polar surface area (TPSA) is 29.3 Å². The molecule has 94 valence electrons. The fourth-order valence-electron chi connectivity index (χ4n) is 2.42. The average Bonchev–Trinajstić information content (AvgIpc) is 2.22. The molecule has 1 fully saturated rings. The Hall–Kier alpha value is -0.930. The van der Waals surface area contributed by atoms with Gasteiger partial charge in [0.1, 0.15) is 5.82 Å². The van der Waals surface area contributed by atoms with E-state index in [1.54, 1.807) is 6.07 Å². The van der Waals surface area contributed by atoms with E-state index in [1.165, 1.54) is 25.3 Å². The summed E-state index contributed by atoms with van der Waals surface area (Å²) >= 11 is 0. The van der Waals surface area contributed by atoms with Crippen molar-refractivity contribution in [3.8, 4) is 0 Å². The molecule has 1 aliphatic carbocycles. The monoisotopic (exact) mass is 236 g/mol. The largest absolute Gasteiger partial charge is 0.326 e. The standard InChI is InChI=1S/C14H21FN2/c1-17(9-11-3-2-4-11)10-13-5-12(8-16)6-14(15)7-13/h5-7,11H,2-4,8-10,16H2,1H3. The first-order chi connectivity index (χ1) is 8.17. The maximum atomic E-state index is 13.3. The van der Waals surface area contributed by atoms with Gasteiger partial charge in [-0.25, -0.2) is 4.39 Å². The molecule has 0 bridgehead atoms. The first-order valence-corrected chi connectivity index (χ1v) is 6.34. The lowest BCUT2D eigenvalue weighted by molar-refractivity contribution is 0.200. The zero-order valence-corrected chi connectivity index (χ0v) is 10.5. The fourth-order valence-corrected chi connectivity index (χ4v) is 2.42. The van der Waals surface area contributed by atoms with Crippen LogP contribution in [-0.2, 0) is 13.1 Å².